The highest BCUT2D eigenvalue weighted by molar-refractivity contribution is 7.18. The van der Waals surface area contributed by atoms with E-state index in [0.717, 1.165) is 28.3 Å². The molecule has 14 heavy (non-hydrogen) atoms. The molecule has 1 aliphatic rings. The number of hydrogen-bond donors (Lipinski definition) is 1. The number of thiazole rings is 1. The van der Waals surface area contributed by atoms with Crippen LogP contribution in [0.25, 0.3) is 10.5 Å². The van der Waals surface area contributed by atoms with Crippen LogP contribution >= 0.6 is 11.3 Å². The molecule has 2 aromatic heterocycles. The maximum absolute atomic E-state index is 6.18. The zero-order chi connectivity index (χ0) is 9.60. The molecular formula is C9H10N4S. The first kappa shape index (κ1) is 8.26. The van der Waals surface area contributed by atoms with Crippen LogP contribution in [0.5, 0.6) is 0 Å². The molecule has 0 spiro atoms. The van der Waals surface area contributed by atoms with Gasteiger partial charge < -0.3 is 5.73 Å². The second-order valence-electron chi connectivity index (χ2n) is 3.71. The Balaban J connectivity index is 2.14. The lowest BCUT2D eigenvalue weighted by atomic mass is 9.78. The number of aromatic nitrogens is 3. The second kappa shape index (κ2) is 2.71. The van der Waals surface area contributed by atoms with Gasteiger partial charge in [-0.05, 0) is 19.3 Å². The summed E-state index contributed by atoms with van der Waals surface area (Å²) in [4.78, 5) is 13.7. The third-order valence-electron chi connectivity index (χ3n) is 2.72. The molecule has 1 saturated carbocycles. The van der Waals surface area contributed by atoms with Gasteiger partial charge in [0.25, 0.3) is 0 Å². The van der Waals surface area contributed by atoms with Gasteiger partial charge >= 0.3 is 0 Å². The van der Waals surface area contributed by atoms with E-state index in [9.17, 15) is 0 Å². The van der Waals surface area contributed by atoms with Gasteiger partial charge in [-0.1, -0.05) is 11.3 Å². The summed E-state index contributed by atoms with van der Waals surface area (Å²) in [6, 6.07) is 0. The largest absolute Gasteiger partial charge is 0.319 e. The Morgan fingerprint density at radius 2 is 2.07 bits per heavy atom. The third kappa shape index (κ3) is 1.06. The highest BCUT2D eigenvalue weighted by Gasteiger charge is 2.37. The zero-order valence-corrected chi connectivity index (χ0v) is 8.42. The number of rotatable bonds is 1. The molecule has 5 heteroatoms. The molecule has 1 fully saturated rings. The third-order valence-corrected chi connectivity index (χ3v) is 3.89. The van der Waals surface area contributed by atoms with Crippen molar-refractivity contribution in [2.75, 3.05) is 0 Å². The monoisotopic (exact) mass is 206 g/mol. The molecule has 0 radical (unpaired) electrons. The topological polar surface area (TPSA) is 64.7 Å². The Morgan fingerprint density at radius 1 is 1.29 bits per heavy atom. The Morgan fingerprint density at radius 3 is 2.71 bits per heavy atom. The zero-order valence-electron chi connectivity index (χ0n) is 7.60. The molecule has 0 atom stereocenters. The van der Waals surface area contributed by atoms with Gasteiger partial charge in [0.15, 0.2) is 10.5 Å². The van der Waals surface area contributed by atoms with Crippen LogP contribution in [0.1, 0.15) is 24.3 Å². The van der Waals surface area contributed by atoms with Crippen molar-refractivity contribution < 1.29 is 0 Å². The predicted molar refractivity (Wildman–Crippen MR) is 54.9 cm³/mol. The van der Waals surface area contributed by atoms with E-state index >= 15 is 0 Å². The van der Waals surface area contributed by atoms with Crippen molar-refractivity contribution in [1.29, 1.82) is 0 Å². The van der Waals surface area contributed by atoms with Crippen molar-refractivity contribution in [3.63, 3.8) is 0 Å². The Kier molecular flexibility index (Phi) is 1.60. The number of nitrogens with zero attached hydrogens (tertiary/aromatic N) is 3. The molecule has 0 unspecified atom stereocenters. The first-order chi connectivity index (χ1) is 6.78. The summed E-state index contributed by atoms with van der Waals surface area (Å²) in [7, 11) is 0. The predicted octanol–water partition coefficient (Wildman–Crippen LogP) is 1.42. The minimum Gasteiger partial charge on any atom is -0.319 e. The van der Waals surface area contributed by atoms with E-state index < -0.39 is 0 Å². The molecule has 72 valence electrons. The van der Waals surface area contributed by atoms with E-state index in [1.807, 2.05) is 0 Å². The van der Waals surface area contributed by atoms with Gasteiger partial charge in [0, 0.05) is 12.4 Å². The smallest absolute Gasteiger partial charge is 0.189 e. The maximum Gasteiger partial charge on any atom is 0.189 e. The molecule has 0 amide bonds. The van der Waals surface area contributed by atoms with Crippen molar-refractivity contribution in [3.05, 3.63) is 17.4 Å². The summed E-state index contributed by atoms with van der Waals surface area (Å²) in [6.07, 6.45) is 6.62. The van der Waals surface area contributed by atoms with Gasteiger partial charge in [-0.15, -0.1) is 0 Å². The van der Waals surface area contributed by atoms with Gasteiger partial charge in [-0.2, -0.15) is 0 Å². The lowest BCUT2D eigenvalue weighted by molar-refractivity contribution is 0.253. The average molecular weight is 206 g/mol. The lowest BCUT2D eigenvalue weighted by Gasteiger charge is -2.35. The highest BCUT2D eigenvalue weighted by Crippen LogP contribution is 2.40. The number of nitrogens with two attached hydrogens (primary N) is 1. The van der Waals surface area contributed by atoms with Crippen LogP contribution in [-0.2, 0) is 5.54 Å². The van der Waals surface area contributed by atoms with Gasteiger partial charge in [0.2, 0.25) is 0 Å². The summed E-state index contributed by atoms with van der Waals surface area (Å²) in [5.41, 5.74) is 6.72. The molecule has 1 aliphatic carbocycles. The van der Waals surface area contributed by atoms with E-state index in [1.54, 1.807) is 23.7 Å². The molecule has 4 nitrogen and oxygen atoms in total. The van der Waals surface area contributed by atoms with Crippen LogP contribution in [0.2, 0.25) is 0 Å². The summed E-state index contributed by atoms with van der Waals surface area (Å²) >= 11 is 1.57. The van der Waals surface area contributed by atoms with Gasteiger partial charge in [-0.3, -0.25) is 0 Å². The normalized spacial score (nSPS) is 19.5. The highest BCUT2D eigenvalue weighted by atomic mass is 32.1. The molecular weight excluding hydrogens is 196 g/mol. The van der Waals surface area contributed by atoms with E-state index in [1.165, 1.54) is 6.42 Å². The Bertz CT molecular complexity index is 441. The molecule has 2 aromatic rings. The van der Waals surface area contributed by atoms with Crippen molar-refractivity contribution in [3.8, 4) is 0 Å². The quantitative estimate of drug-likeness (QED) is 0.766. The van der Waals surface area contributed by atoms with Gasteiger partial charge in [-0.25, -0.2) is 15.0 Å². The van der Waals surface area contributed by atoms with Crippen LogP contribution in [0, 0.1) is 0 Å². The summed E-state index contributed by atoms with van der Waals surface area (Å²) in [6.45, 7) is 0. The Labute approximate surface area is 85.2 Å². The van der Waals surface area contributed by atoms with Crippen LogP contribution in [0.3, 0.4) is 0 Å². The summed E-state index contributed by atoms with van der Waals surface area (Å²) in [5, 5.41) is 0.991. The average Bonchev–Trinajstić information content (AvgIpc) is 2.57. The molecule has 0 aromatic carbocycles. The fourth-order valence-corrected chi connectivity index (χ4v) is 2.69. The van der Waals surface area contributed by atoms with E-state index in [4.69, 9.17) is 5.73 Å². The standard InChI is InChI=1S/C9H10N4S/c10-9(2-1-3-9)8-13-6-7(14-8)12-5-4-11-6/h4-5H,1-3,10H2. The molecule has 2 N–H and O–H groups in total. The molecule has 0 saturated heterocycles. The van der Waals surface area contributed by atoms with E-state index in [-0.39, 0.29) is 5.54 Å². The molecule has 2 heterocycles. The lowest BCUT2D eigenvalue weighted by Crippen LogP contribution is -2.43. The van der Waals surface area contributed by atoms with Gasteiger partial charge in [0.1, 0.15) is 5.01 Å². The fraction of sp³-hybridized carbons (Fsp3) is 0.444. The van der Waals surface area contributed by atoms with Crippen molar-refractivity contribution in [1.82, 2.24) is 15.0 Å². The first-order valence-electron chi connectivity index (χ1n) is 4.65. The SMILES string of the molecule is NC1(c2nc3nccnc3s2)CCC1. The summed E-state index contributed by atoms with van der Waals surface area (Å²) in [5.74, 6) is 0. The van der Waals surface area contributed by atoms with Gasteiger partial charge in [0.05, 0.1) is 5.54 Å². The van der Waals surface area contributed by atoms with Crippen LogP contribution in [-0.4, -0.2) is 15.0 Å². The second-order valence-corrected chi connectivity index (χ2v) is 4.69. The minimum atomic E-state index is -0.187. The van der Waals surface area contributed by atoms with E-state index in [2.05, 4.69) is 15.0 Å². The van der Waals surface area contributed by atoms with Crippen LogP contribution in [0.15, 0.2) is 12.4 Å². The van der Waals surface area contributed by atoms with Crippen molar-refractivity contribution in [2.24, 2.45) is 5.73 Å². The van der Waals surface area contributed by atoms with E-state index in [0.29, 0.717) is 0 Å². The number of fused-ring (bicyclic) bond motifs is 1. The van der Waals surface area contributed by atoms with Crippen molar-refractivity contribution >= 4 is 21.8 Å². The number of hydrogen-bond acceptors (Lipinski definition) is 5. The minimum absolute atomic E-state index is 0.187. The Hall–Kier alpha value is -1.07. The van der Waals surface area contributed by atoms with Crippen LogP contribution < -0.4 is 5.73 Å². The molecule has 3 rings (SSSR count). The first-order valence-corrected chi connectivity index (χ1v) is 5.46. The fourth-order valence-electron chi connectivity index (χ4n) is 1.66. The van der Waals surface area contributed by atoms with Crippen molar-refractivity contribution in [2.45, 2.75) is 24.8 Å². The van der Waals surface area contributed by atoms with Crippen LogP contribution in [0.4, 0.5) is 0 Å². The molecule has 0 bridgehead atoms. The maximum atomic E-state index is 6.18. The molecule has 0 aliphatic heterocycles. The summed E-state index contributed by atoms with van der Waals surface area (Å²) < 4.78 is 0.